The Kier molecular flexibility index (Phi) is 6.67. The summed E-state index contributed by atoms with van der Waals surface area (Å²) < 4.78 is 29.7. The van der Waals surface area contributed by atoms with Gasteiger partial charge in [0.05, 0.1) is 10.4 Å². The lowest BCUT2D eigenvalue weighted by Crippen LogP contribution is -2.55. The van der Waals surface area contributed by atoms with Crippen molar-refractivity contribution in [1.29, 1.82) is 0 Å². The molecule has 0 bridgehead atoms. The fourth-order valence-electron chi connectivity index (χ4n) is 4.62. The molecule has 0 aliphatic carbocycles. The van der Waals surface area contributed by atoms with Crippen molar-refractivity contribution in [1.82, 2.24) is 14.5 Å². The summed E-state index contributed by atoms with van der Waals surface area (Å²) >= 11 is 7.42. The molecule has 1 saturated heterocycles. The summed E-state index contributed by atoms with van der Waals surface area (Å²) in [7, 11) is -3.70. The van der Waals surface area contributed by atoms with Gasteiger partial charge in [0.25, 0.3) is 10.0 Å². The predicted molar refractivity (Wildman–Crippen MR) is 149 cm³/mol. The summed E-state index contributed by atoms with van der Waals surface area (Å²) in [5.41, 5.74) is 1.86. The van der Waals surface area contributed by atoms with E-state index in [2.05, 4.69) is 14.6 Å². The van der Waals surface area contributed by atoms with Crippen LogP contribution in [0.25, 0.3) is 10.9 Å². The lowest BCUT2D eigenvalue weighted by Gasteiger charge is -2.42. The van der Waals surface area contributed by atoms with Gasteiger partial charge in [-0.05, 0) is 61.7 Å². The molecule has 1 N–H and O–H groups in total. The van der Waals surface area contributed by atoms with Crippen LogP contribution in [0.3, 0.4) is 0 Å². The van der Waals surface area contributed by atoms with Crippen molar-refractivity contribution in [2.45, 2.75) is 30.8 Å². The van der Waals surface area contributed by atoms with Crippen LogP contribution in [0.5, 0.6) is 0 Å². The van der Waals surface area contributed by atoms with E-state index >= 15 is 0 Å². The molecule has 1 fully saturated rings. The molecule has 5 rings (SSSR count). The third-order valence-corrected chi connectivity index (χ3v) is 8.94. The van der Waals surface area contributed by atoms with E-state index in [1.165, 1.54) is 11.3 Å². The number of carbonyl (C=O) groups excluding carboxylic acids is 1. The average molecular weight is 548 g/mol. The van der Waals surface area contributed by atoms with Crippen molar-refractivity contribution < 1.29 is 16.1 Å². The normalized spacial score (nSPS) is 17.4. The van der Waals surface area contributed by atoms with E-state index in [9.17, 15) is 13.2 Å². The van der Waals surface area contributed by atoms with E-state index in [-0.39, 0.29) is 25.7 Å². The van der Waals surface area contributed by atoms with Crippen LogP contribution in [0.2, 0.25) is 5.02 Å². The van der Waals surface area contributed by atoms with Gasteiger partial charge in [0.1, 0.15) is 6.04 Å². The zero-order chi connectivity index (χ0) is 25.4. The Morgan fingerprint density at radius 2 is 1.97 bits per heavy atom. The molecule has 2 atom stereocenters. The van der Waals surface area contributed by atoms with Crippen LogP contribution in [0.1, 0.15) is 22.7 Å². The Morgan fingerprint density at radius 3 is 2.67 bits per heavy atom. The standard InChI is InChI=1S/C25H26ClN5O3S2.2H2/c1-17-16-29(21-5-7-22(8-6-21)36(33,34)28-25-27-10-14-35-25)12-13-30(17)24(32)18(2)31-11-9-19-3-4-20(26)15-23(19)31;;/h3-11,14-15,17-18H,12-13,16H2,1-2H3,(H,27,28);2*1H/t17?,18-;;/m1../s1. The Morgan fingerprint density at radius 1 is 1.19 bits per heavy atom. The number of hydrogen-bond acceptors (Lipinski definition) is 6. The minimum Gasteiger partial charge on any atom is -0.368 e. The average Bonchev–Trinajstić information content (AvgIpc) is 3.52. The van der Waals surface area contributed by atoms with Gasteiger partial charge < -0.3 is 14.4 Å². The van der Waals surface area contributed by atoms with Gasteiger partial charge in [-0.15, -0.1) is 11.3 Å². The number of nitrogens with one attached hydrogen (secondary N) is 1. The summed E-state index contributed by atoms with van der Waals surface area (Å²) in [4.78, 5) is 21.7. The monoisotopic (exact) mass is 547 g/mol. The number of nitrogens with zero attached hydrogens (tertiary/aromatic N) is 4. The molecule has 192 valence electrons. The van der Waals surface area contributed by atoms with Crippen molar-refractivity contribution in [3.63, 3.8) is 0 Å². The van der Waals surface area contributed by atoms with Crippen LogP contribution < -0.4 is 9.62 Å². The number of hydrogen-bond donors (Lipinski definition) is 1. The first-order valence-electron chi connectivity index (χ1n) is 11.6. The SMILES string of the molecule is CC1CN(c2ccc(S(=O)(=O)Nc3nccs3)cc2)CCN1C(=O)[C@@H](C)n1ccc2ccc(Cl)cc21.[HH].[HH]. The molecule has 0 radical (unpaired) electrons. The number of amides is 1. The van der Waals surface area contributed by atoms with Crippen LogP contribution in [0.15, 0.2) is 71.2 Å². The topological polar surface area (TPSA) is 87.5 Å². The zero-order valence-electron chi connectivity index (χ0n) is 19.8. The summed E-state index contributed by atoms with van der Waals surface area (Å²) in [5, 5.41) is 3.73. The van der Waals surface area contributed by atoms with Crippen molar-refractivity contribution in [2.75, 3.05) is 29.3 Å². The van der Waals surface area contributed by atoms with Gasteiger partial charge in [-0.3, -0.25) is 9.52 Å². The number of anilines is 2. The van der Waals surface area contributed by atoms with Crippen LogP contribution in [0, 0.1) is 0 Å². The molecule has 11 heteroatoms. The molecule has 1 aliphatic rings. The molecule has 1 aliphatic heterocycles. The van der Waals surface area contributed by atoms with Crippen LogP contribution in [0.4, 0.5) is 10.8 Å². The molecule has 36 heavy (non-hydrogen) atoms. The number of halogens is 1. The fourth-order valence-corrected chi connectivity index (χ4v) is 6.58. The number of thiazole rings is 1. The molecule has 0 spiro atoms. The maximum Gasteiger partial charge on any atom is 0.263 e. The quantitative estimate of drug-likeness (QED) is 0.352. The molecule has 4 aromatic rings. The van der Waals surface area contributed by atoms with E-state index < -0.39 is 10.0 Å². The van der Waals surface area contributed by atoms with Gasteiger partial charge in [-0.1, -0.05) is 17.7 Å². The van der Waals surface area contributed by atoms with E-state index in [1.807, 2.05) is 53.8 Å². The van der Waals surface area contributed by atoms with Crippen molar-refractivity contribution in [3.8, 4) is 0 Å². The first-order valence-corrected chi connectivity index (χ1v) is 14.3. The maximum absolute atomic E-state index is 13.4. The zero-order valence-corrected chi connectivity index (χ0v) is 22.2. The second kappa shape index (κ2) is 9.76. The lowest BCUT2D eigenvalue weighted by atomic mass is 10.1. The highest BCUT2D eigenvalue weighted by Crippen LogP contribution is 2.27. The van der Waals surface area contributed by atoms with Crippen LogP contribution in [-0.2, 0) is 14.8 Å². The molecular weight excluding hydrogens is 518 g/mol. The summed E-state index contributed by atoms with van der Waals surface area (Å²) in [5.74, 6) is 0.0642. The molecule has 8 nitrogen and oxygen atoms in total. The number of aromatic nitrogens is 2. The second-order valence-corrected chi connectivity index (χ2v) is 11.9. The number of carbonyl (C=O) groups is 1. The Labute approximate surface area is 222 Å². The molecule has 3 heterocycles. The minimum atomic E-state index is -3.70. The lowest BCUT2D eigenvalue weighted by molar-refractivity contribution is -0.136. The highest BCUT2D eigenvalue weighted by Gasteiger charge is 2.31. The third kappa shape index (κ3) is 4.80. The molecule has 1 amide bonds. The minimum absolute atomic E-state index is 0. The largest absolute Gasteiger partial charge is 0.368 e. The molecular formula is C25H30ClN5O3S2. The fraction of sp³-hybridized carbons (Fsp3) is 0.280. The van der Waals surface area contributed by atoms with E-state index in [0.29, 0.717) is 29.8 Å². The van der Waals surface area contributed by atoms with Crippen molar-refractivity contribution >= 4 is 60.6 Å². The highest BCUT2D eigenvalue weighted by atomic mass is 35.5. The van der Waals surface area contributed by atoms with E-state index in [1.54, 1.807) is 35.8 Å². The Bertz CT molecular complexity index is 1500. The second-order valence-electron chi connectivity index (χ2n) is 8.87. The number of rotatable bonds is 6. The van der Waals surface area contributed by atoms with E-state index in [4.69, 9.17) is 11.6 Å². The number of benzene rings is 2. The number of sulfonamides is 1. The van der Waals surface area contributed by atoms with Gasteiger partial charge in [-0.25, -0.2) is 13.4 Å². The summed E-state index contributed by atoms with van der Waals surface area (Å²) in [6.07, 6.45) is 3.48. The Hall–Kier alpha value is -3.08. The van der Waals surface area contributed by atoms with Crippen LogP contribution >= 0.6 is 22.9 Å². The number of piperazine rings is 1. The van der Waals surface area contributed by atoms with Gasteiger partial charge in [0.15, 0.2) is 5.13 Å². The predicted octanol–water partition coefficient (Wildman–Crippen LogP) is 5.34. The first-order chi connectivity index (χ1) is 17.2. The smallest absolute Gasteiger partial charge is 0.263 e. The van der Waals surface area contributed by atoms with Gasteiger partial charge in [-0.2, -0.15) is 0 Å². The van der Waals surface area contributed by atoms with Gasteiger partial charge in [0.2, 0.25) is 5.91 Å². The number of fused-ring (bicyclic) bond motifs is 1. The maximum atomic E-state index is 13.4. The van der Waals surface area contributed by atoms with Crippen LogP contribution in [-0.4, -0.2) is 54.5 Å². The van der Waals surface area contributed by atoms with Gasteiger partial charge >= 0.3 is 0 Å². The Balaban J connectivity index is 0.00000200. The summed E-state index contributed by atoms with van der Waals surface area (Å²) in [6.45, 7) is 5.85. The van der Waals surface area contributed by atoms with Crippen molar-refractivity contribution in [2.24, 2.45) is 0 Å². The highest BCUT2D eigenvalue weighted by molar-refractivity contribution is 7.93. The van der Waals surface area contributed by atoms with Crippen molar-refractivity contribution in [3.05, 3.63) is 71.3 Å². The molecule has 2 aromatic carbocycles. The van der Waals surface area contributed by atoms with E-state index in [0.717, 1.165) is 16.6 Å². The summed E-state index contributed by atoms with van der Waals surface area (Å²) in [6, 6.07) is 14.1. The molecule has 0 saturated carbocycles. The molecule has 1 unspecified atom stereocenters. The third-order valence-electron chi connectivity index (χ3n) is 6.54. The molecule has 2 aromatic heterocycles. The van der Waals surface area contributed by atoms with Gasteiger partial charge in [0, 0.05) is 57.0 Å². The first kappa shape index (κ1) is 24.6.